The third-order valence-electron chi connectivity index (χ3n) is 5.34. The fourth-order valence-corrected chi connectivity index (χ4v) is 3.58. The van der Waals surface area contributed by atoms with Crippen molar-refractivity contribution in [3.63, 3.8) is 0 Å². The molecule has 0 unspecified atom stereocenters. The molecule has 3 rings (SSSR count). The second-order valence-electron chi connectivity index (χ2n) is 8.77. The summed E-state index contributed by atoms with van der Waals surface area (Å²) in [5.41, 5.74) is 2.89. The molecule has 6 heteroatoms. The summed E-state index contributed by atoms with van der Waals surface area (Å²) in [6, 6.07) is 24.5. The van der Waals surface area contributed by atoms with Crippen LogP contribution in [0.2, 0.25) is 0 Å². The van der Waals surface area contributed by atoms with Crippen molar-refractivity contribution in [2.45, 2.75) is 45.9 Å². The van der Waals surface area contributed by atoms with E-state index in [1.54, 1.807) is 0 Å². The summed E-state index contributed by atoms with van der Waals surface area (Å²) in [4.78, 5) is 24.7. The maximum absolute atomic E-state index is 12.4. The minimum atomic E-state index is -0.788. The molecule has 0 aromatic heterocycles. The molecule has 35 heavy (non-hydrogen) atoms. The quantitative estimate of drug-likeness (QED) is 0.369. The Labute approximate surface area is 207 Å². The number of rotatable bonds is 12. The first-order valence-electron chi connectivity index (χ1n) is 11.8. The Bertz CT molecular complexity index is 1080. The topological polar surface area (TPSA) is 73.9 Å². The van der Waals surface area contributed by atoms with Crippen LogP contribution in [0.15, 0.2) is 78.9 Å². The van der Waals surface area contributed by atoms with Gasteiger partial charge in [-0.25, -0.2) is 4.79 Å². The molecule has 1 atom stereocenters. The van der Waals surface area contributed by atoms with Crippen LogP contribution in [0.3, 0.4) is 0 Å². The van der Waals surface area contributed by atoms with Crippen LogP contribution in [0.1, 0.15) is 37.0 Å². The molecule has 0 aliphatic rings. The molecule has 0 spiro atoms. The van der Waals surface area contributed by atoms with Gasteiger partial charge < -0.3 is 19.5 Å². The van der Waals surface area contributed by atoms with Crippen molar-refractivity contribution >= 4 is 11.9 Å². The van der Waals surface area contributed by atoms with Gasteiger partial charge in [0.15, 0.2) is 11.5 Å². The molecule has 1 amide bonds. The zero-order valence-corrected chi connectivity index (χ0v) is 20.5. The second kappa shape index (κ2) is 13.2. The van der Waals surface area contributed by atoms with E-state index >= 15 is 0 Å². The Hall–Kier alpha value is -3.80. The molecule has 0 bridgehead atoms. The molecule has 0 saturated carbocycles. The Morgan fingerprint density at radius 3 is 1.89 bits per heavy atom. The Kier molecular flexibility index (Phi) is 9.72. The Balaban J connectivity index is 1.79. The van der Waals surface area contributed by atoms with Crippen molar-refractivity contribution in [1.29, 1.82) is 0 Å². The lowest BCUT2D eigenvalue weighted by molar-refractivity contribution is -0.145. The average Bonchev–Trinajstić information content (AvgIpc) is 2.86. The molecule has 0 saturated heterocycles. The zero-order valence-electron chi connectivity index (χ0n) is 20.5. The highest BCUT2D eigenvalue weighted by molar-refractivity contribution is 5.84. The van der Waals surface area contributed by atoms with Gasteiger partial charge in [0.2, 0.25) is 5.91 Å². The van der Waals surface area contributed by atoms with Gasteiger partial charge in [-0.3, -0.25) is 4.79 Å². The predicted octanol–water partition coefficient (Wildman–Crippen LogP) is 5.09. The van der Waals surface area contributed by atoms with Crippen molar-refractivity contribution in [2.75, 3.05) is 7.11 Å². The smallest absolute Gasteiger partial charge is 0.328 e. The largest absolute Gasteiger partial charge is 0.485 e. The van der Waals surface area contributed by atoms with E-state index in [4.69, 9.17) is 14.2 Å². The Morgan fingerprint density at radius 2 is 1.34 bits per heavy atom. The number of hydrogen-bond acceptors (Lipinski definition) is 5. The minimum Gasteiger partial charge on any atom is -0.485 e. The minimum absolute atomic E-state index is 0.182. The number of esters is 1. The molecule has 184 valence electrons. The van der Waals surface area contributed by atoms with Gasteiger partial charge in [-0.05, 0) is 34.7 Å². The van der Waals surface area contributed by atoms with Crippen molar-refractivity contribution < 1.29 is 23.8 Å². The lowest BCUT2D eigenvalue weighted by atomic mass is 10.0. The highest BCUT2D eigenvalue weighted by Gasteiger charge is 2.23. The molecule has 0 heterocycles. The van der Waals surface area contributed by atoms with Crippen LogP contribution in [0.4, 0.5) is 0 Å². The number of carbonyl (C=O) groups excluding carboxylic acids is 2. The number of methoxy groups -OCH3 is 1. The number of amides is 1. The maximum Gasteiger partial charge on any atom is 0.328 e. The molecule has 0 fully saturated rings. The normalized spacial score (nSPS) is 11.5. The third-order valence-corrected chi connectivity index (χ3v) is 5.34. The fraction of sp³-hybridized carbons (Fsp3) is 0.310. The summed E-state index contributed by atoms with van der Waals surface area (Å²) in [5, 5.41) is 2.80. The molecule has 0 aliphatic carbocycles. The summed E-state index contributed by atoms with van der Waals surface area (Å²) < 4.78 is 17.1. The first-order valence-corrected chi connectivity index (χ1v) is 11.8. The summed E-state index contributed by atoms with van der Waals surface area (Å²) >= 11 is 0. The van der Waals surface area contributed by atoms with Crippen LogP contribution < -0.4 is 14.8 Å². The van der Waals surface area contributed by atoms with Crippen molar-refractivity contribution in [3.8, 4) is 11.5 Å². The Morgan fingerprint density at radius 1 is 0.771 bits per heavy atom. The van der Waals surface area contributed by atoms with Gasteiger partial charge >= 0.3 is 5.97 Å². The summed E-state index contributed by atoms with van der Waals surface area (Å²) in [5.74, 6) is 0.691. The standard InChI is InChI=1S/C29H33NO5/c1-21(2)16-28(31)30-25(29(32)33-3)17-24-14-15-26(34-19-22-10-6-4-7-11-22)27(18-24)35-20-23-12-8-5-9-13-23/h4-15,18,21,25H,16-17,19-20H2,1-3H3,(H,30,31)/t25-/m1/s1. The van der Waals surface area contributed by atoms with E-state index in [2.05, 4.69) is 5.32 Å². The lowest BCUT2D eigenvalue weighted by Gasteiger charge is -2.19. The van der Waals surface area contributed by atoms with Gasteiger partial charge in [0.25, 0.3) is 0 Å². The highest BCUT2D eigenvalue weighted by atomic mass is 16.5. The van der Waals surface area contributed by atoms with Crippen molar-refractivity contribution in [2.24, 2.45) is 5.92 Å². The van der Waals surface area contributed by atoms with E-state index in [0.717, 1.165) is 16.7 Å². The molecule has 3 aromatic carbocycles. The van der Waals surface area contributed by atoms with Crippen LogP contribution in [0.25, 0.3) is 0 Å². The SMILES string of the molecule is COC(=O)[C@@H](Cc1ccc(OCc2ccccc2)c(OCc2ccccc2)c1)NC(=O)CC(C)C. The molecular formula is C29H33NO5. The van der Waals surface area contributed by atoms with Gasteiger partial charge in [-0.2, -0.15) is 0 Å². The maximum atomic E-state index is 12.4. The second-order valence-corrected chi connectivity index (χ2v) is 8.77. The van der Waals surface area contributed by atoms with E-state index in [9.17, 15) is 9.59 Å². The van der Waals surface area contributed by atoms with Crippen LogP contribution in [0, 0.1) is 5.92 Å². The van der Waals surface area contributed by atoms with E-state index in [-0.39, 0.29) is 18.2 Å². The van der Waals surface area contributed by atoms with Gasteiger partial charge in [-0.15, -0.1) is 0 Å². The fourth-order valence-electron chi connectivity index (χ4n) is 3.58. The van der Waals surface area contributed by atoms with Crippen LogP contribution in [-0.2, 0) is 34.0 Å². The van der Waals surface area contributed by atoms with Gasteiger partial charge in [0, 0.05) is 12.8 Å². The first-order chi connectivity index (χ1) is 16.9. The average molecular weight is 476 g/mol. The molecule has 0 aliphatic heterocycles. The molecule has 0 radical (unpaired) electrons. The third kappa shape index (κ3) is 8.49. The van der Waals surface area contributed by atoms with E-state index in [1.807, 2.05) is 92.7 Å². The predicted molar refractivity (Wildman–Crippen MR) is 135 cm³/mol. The molecule has 1 N–H and O–H groups in total. The van der Waals surface area contributed by atoms with Crippen LogP contribution in [-0.4, -0.2) is 25.0 Å². The first kappa shape index (κ1) is 25.8. The number of carbonyl (C=O) groups is 2. The molecule has 3 aromatic rings. The summed E-state index contributed by atoms with van der Waals surface area (Å²) in [7, 11) is 1.32. The summed E-state index contributed by atoms with van der Waals surface area (Å²) in [6.07, 6.45) is 0.613. The van der Waals surface area contributed by atoms with E-state index in [1.165, 1.54) is 7.11 Å². The van der Waals surface area contributed by atoms with Crippen molar-refractivity contribution in [1.82, 2.24) is 5.32 Å². The van der Waals surface area contributed by atoms with E-state index < -0.39 is 12.0 Å². The summed E-state index contributed by atoms with van der Waals surface area (Å²) in [6.45, 7) is 4.68. The van der Waals surface area contributed by atoms with Crippen molar-refractivity contribution in [3.05, 3.63) is 95.6 Å². The number of ether oxygens (including phenoxy) is 3. The monoisotopic (exact) mass is 475 g/mol. The zero-order chi connectivity index (χ0) is 25.0. The van der Waals surface area contributed by atoms with Gasteiger partial charge in [0.05, 0.1) is 7.11 Å². The van der Waals surface area contributed by atoms with E-state index in [0.29, 0.717) is 31.1 Å². The lowest BCUT2D eigenvalue weighted by Crippen LogP contribution is -2.43. The number of benzene rings is 3. The van der Waals surface area contributed by atoms with Crippen LogP contribution >= 0.6 is 0 Å². The van der Waals surface area contributed by atoms with Gasteiger partial charge in [-0.1, -0.05) is 80.6 Å². The highest BCUT2D eigenvalue weighted by Crippen LogP contribution is 2.30. The molecular weight excluding hydrogens is 442 g/mol. The number of hydrogen-bond donors (Lipinski definition) is 1. The molecule has 6 nitrogen and oxygen atoms in total. The van der Waals surface area contributed by atoms with Crippen LogP contribution in [0.5, 0.6) is 11.5 Å². The number of nitrogens with one attached hydrogen (secondary N) is 1. The van der Waals surface area contributed by atoms with Gasteiger partial charge in [0.1, 0.15) is 19.3 Å².